The van der Waals surface area contributed by atoms with E-state index in [0.717, 1.165) is 31.8 Å². The van der Waals surface area contributed by atoms with Crippen molar-refractivity contribution in [3.63, 3.8) is 0 Å². The molecule has 1 aromatic rings. The first kappa shape index (κ1) is 17.5. The smallest absolute Gasteiger partial charge is 0.355 e. The molecule has 0 aliphatic carbocycles. The number of hydrogen-bond donors (Lipinski definition) is 1. The minimum absolute atomic E-state index is 0.0395. The maximum Gasteiger partial charge on any atom is 0.416 e. The van der Waals surface area contributed by atoms with E-state index in [0.29, 0.717) is 12.1 Å². The second kappa shape index (κ2) is 8.02. The molecule has 0 radical (unpaired) electrons. The molecule has 1 amide bonds. The number of alkyl halides is 3. The molecule has 0 aliphatic rings. The SMILES string of the molecule is CCN(CC)CCNC(=O)Cc1cccc(C(F)(F)F)c1. The quantitative estimate of drug-likeness (QED) is 0.840. The van der Waals surface area contributed by atoms with E-state index in [1.54, 1.807) is 0 Å². The second-order valence-corrected chi connectivity index (χ2v) is 4.75. The number of halogens is 3. The molecule has 1 aromatic carbocycles. The fourth-order valence-corrected chi connectivity index (χ4v) is 2.00. The van der Waals surface area contributed by atoms with E-state index in [-0.39, 0.29) is 12.3 Å². The fourth-order valence-electron chi connectivity index (χ4n) is 2.00. The molecule has 0 spiro atoms. The van der Waals surface area contributed by atoms with Gasteiger partial charge in [0.25, 0.3) is 0 Å². The molecule has 1 rings (SSSR count). The van der Waals surface area contributed by atoms with Gasteiger partial charge >= 0.3 is 6.18 Å². The highest BCUT2D eigenvalue weighted by Crippen LogP contribution is 2.29. The minimum Gasteiger partial charge on any atom is -0.355 e. The van der Waals surface area contributed by atoms with Gasteiger partial charge in [-0.15, -0.1) is 0 Å². The minimum atomic E-state index is -4.38. The lowest BCUT2D eigenvalue weighted by Gasteiger charge is -2.18. The number of amides is 1. The Bertz CT molecular complexity index is 456. The number of carbonyl (C=O) groups excluding carboxylic acids is 1. The Hall–Kier alpha value is -1.56. The second-order valence-electron chi connectivity index (χ2n) is 4.75. The lowest BCUT2D eigenvalue weighted by molar-refractivity contribution is -0.137. The van der Waals surface area contributed by atoms with E-state index in [4.69, 9.17) is 0 Å². The van der Waals surface area contributed by atoms with Gasteiger partial charge in [-0.25, -0.2) is 0 Å². The van der Waals surface area contributed by atoms with Crippen molar-refractivity contribution in [3.8, 4) is 0 Å². The first-order valence-electron chi connectivity index (χ1n) is 7.02. The summed E-state index contributed by atoms with van der Waals surface area (Å²) in [6.45, 7) is 7.11. The molecule has 0 atom stereocenters. The van der Waals surface area contributed by atoms with Gasteiger partial charge in [-0.1, -0.05) is 32.0 Å². The van der Waals surface area contributed by atoms with Crippen LogP contribution < -0.4 is 5.32 Å². The predicted molar refractivity (Wildman–Crippen MR) is 75.9 cm³/mol. The van der Waals surface area contributed by atoms with Crippen molar-refractivity contribution in [2.45, 2.75) is 26.4 Å². The third-order valence-electron chi connectivity index (χ3n) is 3.26. The first-order chi connectivity index (χ1) is 9.86. The van der Waals surface area contributed by atoms with Crippen molar-refractivity contribution in [1.29, 1.82) is 0 Å². The van der Waals surface area contributed by atoms with Gasteiger partial charge < -0.3 is 10.2 Å². The van der Waals surface area contributed by atoms with Crippen LogP contribution in [0.3, 0.4) is 0 Å². The monoisotopic (exact) mass is 302 g/mol. The Kier molecular flexibility index (Phi) is 6.68. The van der Waals surface area contributed by atoms with Crippen molar-refractivity contribution < 1.29 is 18.0 Å². The summed E-state index contributed by atoms with van der Waals surface area (Å²) >= 11 is 0. The van der Waals surface area contributed by atoms with Gasteiger partial charge in [0.15, 0.2) is 0 Å². The molecule has 0 saturated heterocycles. The van der Waals surface area contributed by atoms with E-state index in [1.165, 1.54) is 12.1 Å². The summed E-state index contributed by atoms with van der Waals surface area (Å²) in [7, 11) is 0. The normalized spacial score (nSPS) is 11.7. The van der Waals surface area contributed by atoms with Crippen LogP contribution in [0, 0.1) is 0 Å². The van der Waals surface area contributed by atoms with Gasteiger partial charge in [0.05, 0.1) is 12.0 Å². The van der Waals surface area contributed by atoms with Gasteiger partial charge in [0.2, 0.25) is 5.91 Å². The third-order valence-corrected chi connectivity index (χ3v) is 3.26. The molecule has 0 aliphatic heterocycles. The summed E-state index contributed by atoms with van der Waals surface area (Å²) in [5.41, 5.74) is -0.360. The zero-order valence-corrected chi connectivity index (χ0v) is 12.3. The number of benzene rings is 1. The fraction of sp³-hybridized carbons (Fsp3) is 0.533. The van der Waals surface area contributed by atoms with Gasteiger partial charge in [-0.3, -0.25) is 4.79 Å². The molecule has 118 valence electrons. The van der Waals surface area contributed by atoms with Gasteiger partial charge in [0, 0.05) is 13.1 Å². The van der Waals surface area contributed by atoms with Crippen LogP contribution in [-0.2, 0) is 17.4 Å². The Morgan fingerprint density at radius 1 is 1.24 bits per heavy atom. The third kappa shape index (κ3) is 6.16. The van der Waals surface area contributed by atoms with E-state index >= 15 is 0 Å². The Morgan fingerprint density at radius 3 is 2.48 bits per heavy atom. The Labute approximate surface area is 123 Å². The summed E-state index contributed by atoms with van der Waals surface area (Å²) < 4.78 is 37.7. The van der Waals surface area contributed by atoms with Crippen LogP contribution in [-0.4, -0.2) is 37.0 Å². The van der Waals surface area contributed by atoms with Gasteiger partial charge in [-0.05, 0) is 24.7 Å². The topological polar surface area (TPSA) is 32.3 Å². The standard InChI is InChI=1S/C15H21F3N2O/c1-3-20(4-2)9-8-19-14(21)11-12-6-5-7-13(10-12)15(16,17)18/h5-7,10H,3-4,8-9,11H2,1-2H3,(H,19,21). The lowest BCUT2D eigenvalue weighted by atomic mass is 10.1. The van der Waals surface area contributed by atoms with Crippen LogP contribution in [0.5, 0.6) is 0 Å². The van der Waals surface area contributed by atoms with Crippen molar-refractivity contribution >= 4 is 5.91 Å². The van der Waals surface area contributed by atoms with Gasteiger partial charge in [-0.2, -0.15) is 13.2 Å². The number of nitrogens with zero attached hydrogens (tertiary/aromatic N) is 1. The highest BCUT2D eigenvalue weighted by molar-refractivity contribution is 5.78. The van der Waals surface area contributed by atoms with Crippen LogP contribution in [0.2, 0.25) is 0 Å². The number of nitrogens with one attached hydrogen (secondary N) is 1. The summed E-state index contributed by atoms with van der Waals surface area (Å²) in [6.07, 6.45) is -4.42. The maximum absolute atomic E-state index is 12.6. The average molecular weight is 302 g/mol. The molecule has 21 heavy (non-hydrogen) atoms. The van der Waals surface area contributed by atoms with Crippen LogP contribution in [0.25, 0.3) is 0 Å². The number of carbonyl (C=O) groups is 1. The van der Waals surface area contributed by atoms with Crippen molar-refractivity contribution in [1.82, 2.24) is 10.2 Å². The highest BCUT2D eigenvalue weighted by atomic mass is 19.4. The van der Waals surface area contributed by atoms with Crippen molar-refractivity contribution in [2.75, 3.05) is 26.2 Å². The van der Waals surface area contributed by atoms with Crippen LogP contribution in [0.15, 0.2) is 24.3 Å². The highest BCUT2D eigenvalue weighted by Gasteiger charge is 2.30. The van der Waals surface area contributed by atoms with Crippen LogP contribution in [0.4, 0.5) is 13.2 Å². The van der Waals surface area contributed by atoms with Crippen molar-refractivity contribution in [3.05, 3.63) is 35.4 Å². The molecular weight excluding hydrogens is 281 g/mol. The molecule has 0 bridgehead atoms. The number of rotatable bonds is 7. The molecule has 0 heterocycles. The van der Waals surface area contributed by atoms with E-state index in [9.17, 15) is 18.0 Å². The number of hydrogen-bond acceptors (Lipinski definition) is 2. The predicted octanol–water partition coefficient (Wildman–Crippen LogP) is 2.71. The molecule has 0 saturated carbocycles. The summed E-state index contributed by atoms with van der Waals surface area (Å²) in [4.78, 5) is 13.9. The summed E-state index contributed by atoms with van der Waals surface area (Å²) in [5.74, 6) is -0.263. The van der Waals surface area contributed by atoms with Gasteiger partial charge in [0.1, 0.15) is 0 Å². The molecule has 0 aromatic heterocycles. The molecule has 3 nitrogen and oxygen atoms in total. The Morgan fingerprint density at radius 2 is 1.90 bits per heavy atom. The zero-order valence-electron chi connectivity index (χ0n) is 12.3. The Balaban J connectivity index is 2.48. The molecule has 6 heteroatoms. The summed E-state index contributed by atoms with van der Waals surface area (Å²) in [5, 5.41) is 2.73. The lowest BCUT2D eigenvalue weighted by Crippen LogP contribution is -2.35. The van der Waals surface area contributed by atoms with Crippen LogP contribution >= 0.6 is 0 Å². The zero-order chi connectivity index (χ0) is 15.9. The number of likely N-dealkylation sites (N-methyl/N-ethyl adjacent to an activating group) is 1. The largest absolute Gasteiger partial charge is 0.416 e. The van der Waals surface area contributed by atoms with E-state index in [1.807, 2.05) is 13.8 Å². The van der Waals surface area contributed by atoms with Crippen LogP contribution in [0.1, 0.15) is 25.0 Å². The van der Waals surface area contributed by atoms with E-state index in [2.05, 4.69) is 10.2 Å². The average Bonchev–Trinajstić information content (AvgIpc) is 2.43. The van der Waals surface area contributed by atoms with Crippen molar-refractivity contribution in [2.24, 2.45) is 0 Å². The maximum atomic E-state index is 12.6. The molecule has 0 unspecified atom stereocenters. The summed E-state index contributed by atoms with van der Waals surface area (Å²) in [6, 6.07) is 4.87. The molecular formula is C15H21F3N2O. The van der Waals surface area contributed by atoms with E-state index < -0.39 is 11.7 Å². The first-order valence-corrected chi connectivity index (χ1v) is 7.02. The molecule has 0 fully saturated rings. The molecule has 1 N–H and O–H groups in total.